The van der Waals surface area contributed by atoms with Crippen LogP contribution in [-0.2, 0) is 10.3 Å². The molecule has 1 aliphatic carbocycles. The van der Waals surface area contributed by atoms with Gasteiger partial charge in [0.2, 0.25) is 5.54 Å². The molecule has 0 spiro atoms. The minimum absolute atomic E-state index is 0.372. The molecule has 1 aromatic rings. The van der Waals surface area contributed by atoms with Crippen LogP contribution in [0, 0.1) is 0 Å². The van der Waals surface area contributed by atoms with Crippen molar-refractivity contribution in [3.8, 4) is 0 Å². The Morgan fingerprint density at radius 2 is 1.74 bits per heavy atom. The molecular weight excluding hydrogens is 259 g/mol. The Hall–Kier alpha value is -1.56. The molecule has 0 aromatic heterocycles. The molecule has 6 heteroatoms. The van der Waals surface area contributed by atoms with Crippen LogP contribution in [0.5, 0.6) is 0 Å². The van der Waals surface area contributed by atoms with Gasteiger partial charge in [-0.3, -0.25) is 0 Å². The number of carboxylic acid groups (broad SMARTS) is 1. The van der Waals surface area contributed by atoms with Crippen molar-refractivity contribution in [2.24, 2.45) is 5.73 Å². The number of aliphatic carboxylic acids is 1. The van der Waals surface area contributed by atoms with Gasteiger partial charge in [-0.1, -0.05) is 30.7 Å². The molecule has 1 aliphatic rings. The quantitative estimate of drug-likeness (QED) is 0.890. The van der Waals surface area contributed by atoms with E-state index in [-0.39, 0.29) is 0 Å². The van der Waals surface area contributed by atoms with E-state index in [1.54, 1.807) is 0 Å². The topological polar surface area (TPSA) is 63.3 Å². The van der Waals surface area contributed by atoms with Crippen LogP contribution < -0.4 is 5.73 Å². The Bertz CT molecular complexity index is 480. The van der Waals surface area contributed by atoms with Crippen molar-refractivity contribution in [1.82, 2.24) is 0 Å². The maximum Gasteiger partial charge on any atom is 0.421 e. The first-order valence-electron chi connectivity index (χ1n) is 5.96. The fraction of sp³-hybridized carbons (Fsp3) is 0.462. The molecule has 104 valence electrons. The number of halogens is 3. The van der Waals surface area contributed by atoms with Gasteiger partial charge in [-0.15, -0.1) is 0 Å². The lowest BCUT2D eigenvalue weighted by Crippen LogP contribution is -2.56. The van der Waals surface area contributed by atoms with Gasteiger partial charge in [0.05, 0.1) is 0 Å². The number of rotatable bonds is 3. The Labute approximate surface area is 108 Å². The Kier molecular flexibility index (Phi) is 3.30. The van der Waals surface area contributed by atoms with E-state index in [4.69, 9.17) is 10.8 Å². The highest BCUT2D eigenvalue weighted by Crippen LogP contribution is 2.40. The lowest BCUT2D eigenvalue weighted by molar-refractivity contribution is -0.204. The van der Waals surface area contributed by atoms with E-state index < -0.39 is 23.2 Å². The van der Waals surface area contributed by atoms with Gasteiger partial charge in [0.1, 0.15) is 0 Å². The zero-order valence-corrected chi connectivity index (χ0v) is 10.1. The van der Waals surface area contributed by atoms with Crippen LogP contribution in [0.15, 0.2) is 24.3 Å². The Balaban J connectivity index is 2.35. The number of carbonyl (C=O) groups is 1. The molecule has 1 aromatic carbocycles. The molecule has 1 saturated carbocycles. The summed E-state index contributed by atoms with van der Waals surface area (Å²) in [7, 11) is 0. The first-order valence-corrected chi connectivity index (χ1v) is 5.96. The van der Waals surface area contributed by atoms with Gasteiger partial charge in [0.25, 0.3) is 0 Å². The summed E-state index contributed by atoms with van der Waals surface area (Å²) in [5, 5.41) is 8.81. The summed E-state index contributed by atoms with van der Waals surface area (Å²) in [6, 6.07) is 5.40. The van der Waals surface area contributed by atoms with Crippen LogP contribution in [-0.4, -0.2) is 17.3 Å². The molecule has 0 aliphatic heterocycles. The number of hydrogen-bond acceptors (Lipinski definition) is 2. The lowest BCUT2D eigenvalue weighted by Gasteiger charge is -2.29. The van der Waals surface area contributed by atoms with E-state index in [1.165, 1.54) is 12.1 Å². The monoisotopic (exact) mass is 273 g/mol. The molecule has 1 fully saturated rings. The van der Waals surface area contributed by atoms with E-state index in [1.807, 2.05) is 0 Å². The highest BCUT2D eigenvalue weighted by Gasteiger charge is 2.59. The van der Waals surface area contributed by atoms with Crippen LogP contribution in [0.2, 0.25) is 0 Å². The molecule has 3 N–H and O–H groups in total. The van der Waals surface area contributed by atoms with Crippen LogP contribution in [0.3, 0.4) is 0 Å². The molecule has 0 bridgehead atoms. The van der Waals surface area contributed by atoms with Gasteiger partial charge in [0.15, 0.2) is 0 Å². The Morgan fingerprint density at radius 3 is 2.05 bits per heavy atom. The normalized spacial score (nSPS) is 19.6. The molecule has 0 amide bonds. The predicted octanol–water partition coefficient (Wildman–Crippen LogP) is 2.76. The highest BCUT2D eigenvalue weighted by atomic mass is 19.4. The molecule has 1 atom stereocenters. The number of carboxylic acids is 1. The van der Waals surface area contributed by atoms with Gasteiger partial charge in [-0.05, 0) is 29.9 Å². The second kappa shape index (κ2) is 4.52. The van der Waals surface area contributed by atoms with Crippen molar-refractivity contribution in [1.29, 1.82) is 0 Å². The number of benzene rings is 1. The molecule has 0 heterocycles. The van der Waals surface area contributed by atoms with Crippen molar-refractivity contribution in [3.63, 3.8) is 0 Å². The highest BCUT2D eigenvalue weighted by molar-refractivity contribution is 5.81. The molecule has 2 rings (SSSR count). The third-order valence-corrected chi connectivity index (χ3v) is 3.73. The van der Waals surface area contributed by atoms with E-state index in [2.05, 4.69) is 0 Å². The second-order valence-corrected chi connectivity index (χ2v) is 4.86. The third-order valence-electron chi connectivity index (χ3n) is 3.73. The van der Waals surface area contributed by atoms with Gasteiger partial charge < -0.3 is 10.8 Å². The summed E-state index contributed by atoms with van der Waals surface area (Å²) >= 11 is 0. The summed E-state index contributed by atoms with van der Waals surface area (Å²) in [5.41, 5.74) is 2.22. The summed E-state index contributed by atoms with van der Waals surface area (Å²) in [6.45, 7) is 0. The fourth-order valence-corrected chi connectivity index (χ4v) is 2.17. The molecule has 0 radical (unpaired) electrons. The lowest BCUT2D eigenvalue weighted by atomic mass is 9.79. The minimum Gasteiger partial charge on any atom is -0.479 e. The fourth-order valence-electron chi connectivity index (χ4n) is 2.17. The van der Waals surface area contributed by atoms with E-state index in [0.29, 0.717) is 5.92 Å². The van der Waals surface area contributed by atoms with Crippen molar-refractivity contribution in [2.45, 2.75) is 36.9 Å². The average molecular weight is 273 g/mol. The van der Waals surface area contributed by atoms with Crippen molar-refractivity contribution in [3.05, 3.63) is 35.4 Å². The maximum absolute atomic E-state index is 12.9. The van der Waals surface area contributed by atoms with Gasteiger partial charge in [0, 0.05) is 0 Å². The molecule has 0 saturated heterocycles. The van der Waals surface area contributed by atoms with Crippen molar-refractivity contribution in [2.75, 3.05) is 0 Å². The second-order valence-electron chi connectivity index (χ2n) is 4.86. The first kappa shape index (κ1) is 13.9. The van der Waals surface area contributed by atoms with E-state index in [9.17, 15) is 18.0 Å². The van der Waals surface area contributed by atoms with Gasteiger partial charge in [-0.25, -0.2) is 4.79 Å². The number of nitrogens with two attached hydrogens (primary N) is 1. The maximum atomic E-state index is 12.9. The largest absolute Gasteiger partial charge is 0.479 e. The molecule has 3 nitrogen and oxygen atoms in total. The van der Waals surface area contributed by atoms with Crippen LogP contribution in [0.4, 0.5) is 13.2 Å². The zero-order chi connectivity index (χ0) is 14.3. The smallest absolute Gasteiger partial charge is 0.421 e. The first-order chi connectivity index (χ1) is 8.76. The average Bonchev–Trinajstić information content (AvgIpc) is 2.24. The summed E-state index contributed by atoms with van der Waals surface area (Å²) in [5.74, 6) is -1.73. The van der Waals surface area contributed by atoms with Crippen molar-refractivity contribution < 1.29 is 23.1 Å². The number of alkyl halides is 3. The third kappa shape index (κ3) is 2.20. The minimum atomic E-state index is -5.04. The van der Waals surface area contributed by atoms with Gasteiger partial charge >= 0.3 is 12.1 Å². The van der Waals surface area contributed by atoms with Gasteiger partial charge in [-0.2, -0.15) is 13.2 Å². The van der Waals surface area contributed by atoms with Crippen LogP contribution in [0.25, 0.3) is 0 Å². The zero-order valence-electron chi connectivity index (χ0n) is 10.1. The predicted molar refractivity (Wildman–Crippen MR) is 62.6 cm³/mol. The molecule has 1 unspecified atom stereocenters. The summed E-state index contributed by atoms with van der Waals surface area (Å²) in [6.07, 6.45) is -1.89. The number of hydrogen-bond donors (Lipinski definition) is 2. The van der Waals surface area contributed by atoms with Crippen molar-refractivity contribution >= 4 is 5.97 Å². The molecular formula is C13H14F3NO2. The standard InChI is InChI=1S/C13H14F3NO2/c14-13(15,16)12(17,11(18)19)10-6-4-9(5-7-10)8-2-1-3-8/h4-8H,1-3,17H2,(H,18,19). The van der Waals surface area contributed by atoms with E-state index >= 15 is 0 Å². The van der Waals surface area contributed by atoms with Crippen LogP contribution in [0.1, 0.15) is 36.3 Å². The summed E-state index contributed by atoms with van der Waals surface area (Å²) < 4.78 is 38.6. The molecule has 19 heavy (non-hydrogen) atoms. The summed E-state index contributed by atoms with van der Waals surface area (Å²) in [4.78, 5) is 10.9. The Morgan fingerprint density at radius 1 is 1.21 bits per heavy atom. The SMILES string of the molecule is NC(C(=O)O)(c1ccc(C2CCC2)cc1)C(F)(F)F. The van der Waals surface area contributed by atoms with E-state index in [0.717, 1.165) is 37.0 Å². The van der Waals surface area contributed by atoms with Crippen LogP contribution >= 0.6 is 0 Å².